The lowest BCUT2D eigenvalue weighted by Crippen LogP contribution is -2.34. The standard InChI is InChI=1S/C14H15FN2S/c15-13-4-2-1-3-10(13)12-7-16-6-5-11(12)14-8-18-9-17-14/h1-4,8-9,11-12,16H,5-7H2. The van der Waals surface area contributed by atoms with Gasteiger partial charge in [-0.25, -0.2) is 9.37 Å². The summed E-state index contributed by atoms with van der Waals surface area (Å²) in [7, 11) is 0. The van der Waals surface area contributed by atoms with Crippen LogP contribution in [0.2, 0.25) is 0 Å². The zero-order valence-electron chi connectivity index (χ0n) is 9.97. The van der Waals surface area contributed by atoms with Crippen LogP contribution in [-0.4, -0.2) is 18.1 Å². The number of benzene rings is 1. The first-order chi connectivity index (χ1) is 8.86. The van der Waals surface area contributed by atoms with Crippen LogP contribution in [0.15, 0.2) is 35.2 Å². The third kappa shape index (κ3) is 2.18. The van der Waals surface area contributed by atoms with Crippen molar-refractivity contribution < 1.29 is 4.39 Å². The number of aromatic nitrogens is 1. The SMILES string of the molecule is Fc1ccccc1C1CNCCC1c1cscn1. The first-order valence-corrected chi connectivity index (χ1v) is 7.14. The minimum absolute atomic E-state index is 0.105. The van der Waals surface area contributed by atoms with E-state index in [2.05, 4.69) is 15.7 Å². The van der Waals surface area contributed by atoms with Gasteiger partial charge in [-0.3, -0.25) is 0 Å². The summed E-state index contributed by atoms with van der Waals surface area (Å²) < 4.78 is 13.9. The van der Waals surface area contributed by atoms with Crippen molar-refractivity contribution in [2.45, 2.75) is 18.3 Å². The van der Waals surface area contributed by atoms with Crippen LogP contribution < -0.4 is 5.32 Å². The molecule has 4 heteroatoms. The lowest BCUT2D eigenvalue weighted by atomic mass is 9.80. The van der Waals surface area contributed by atoms with Crippen molar-refractivity contribution >= 4 is 11.3 Å². The Morgan fingerprint density at radius 2 is 2.17 bits per heavy atom. The summed E-state index contributed by atoms with van der Waals surface area (Å²) in [5.41, 5.74) is 3.77. The lowest BCUT2D eigenvalue weighted by Gasteiger charge is -2.31. The Kier molecular flexibility index (Phi) is 3.39. The Balaban J connectivity index is 1.95. The monoisotopic (exact) mass is 262 g/mol. The Labute approximate surface area is 110 Å². The molecule has 1 aliphatic rings. The van der Waals surface area contributed by atoms with E-state index in [-0.39, 0.29) is 11.7 Å². The number of rotatable bonds is 2. The van der Waals surface area contributed by atoms with Crippen molar-refractivity contribution in [2.75, 3.05) is 13.1 Å². The van der Waals surface area contributed by atoms with Gasteiger partial charge in [0, 0.05) is 23.8 Å². The largest absolute Gasteiger partial charge is 0.316 e. The summed E-state index contributed by atoms with van der Waals surface area (Å²) in [6, 6.07) is 7.09. The van der Waals surface area contributed by atoms with Crippen LogP contribution in [0.5, 0.6) is 0 Å². The molecular formula is C14H15FN2S. The molecule has 1 N–H and O–H groups in total. The second kappa shape index (κ2) is 5.16. The van der Waals surface area contributed by atoms with Crippen LogP contribution in [0.3, 0.4) is 0 Å². The molecule has 2 aromatic rings. The first kappa shape index (κ1) is 11.8. The Bertz CT molecular complexity index is 512. The molecule has 0 radical (unpaired) electrons. The van der Waals surface area contributed by atoms with Gasteiger partial charge in [0.05, 0.1) is 11.2 Å². The van der Waals surface area contributed by atoms with Crippen molar-refractivity contribution in [2.24, 2.45) is 0 Å². The fraction of sp³-hybridized carbons (Fsp3) is 0.357. The highest BCUT2D eigenvalue weighted by molar-refractivity contribution is 7.07. The third-order valence-electron chi connectivity index (χ3n) is 3.62. The average Bonchev–Trinajstić information content (AvgIpc) is 2.93. The lowest BCUT2D eigenvalue weighted by molar-refractivity contribution is 0.389. The number of thiazole rings is 1. The zero-order chi connectivity index (χ0) is 12.4. The van der Waals surface area contributed by atoms with Gasteiger partial charge in [0.2, 0.25) is 0 Å². The molecular weight excluding hydrogens is 247 g/mol. The summed E-state index contributed by atoms with van der Waals surface area (Å²) in [5, 5.41) is 5.45. The van der Waals surface area contributed by atoms with Crippen LogP contribution in [0.25, 0.3) is 0 Å². The van der Waals surface area contributed by atoms with E-state index in [1.807, 2.05) is 17.6 Å². The normalized spacial score (nSPS) is 24.1. The molecule has 18 heavy (non-hydrogen) atoms. The number of hydrogen-bond donors (Lipinski definition) is 1. The fourth-order valence-corrected chi connectivity index (χ4v) is 3.34. The van der Waals surface area contributed by atoms with Gasteiger partial charge in [0.25, 0.3) is 0 Å². The maximum absolute atomic E-state index is 13.9. The number of halogens is 1. The van der Waals surface area contributed by atoms with Crippen LogP contribution in [0.4, 0.5) is 4.39 Å². The Morgan fingerprint density at radius 1 is 1.28 bits per heavy atom. The molecule has 1 saturated heterocycles. The van der Waals surface area contributed by atoms with E-state index in [0.29, 0.717) is 5.92 Å². The average molecular weight is 262 g/mol. The summed E-state index contributed by atoms with van der Waals surface area (Å²) in [4.78, 5) is 4.41. The third-order valence-corrected chi connectivity index (χ3v) is 4.22. The minimum Gasteiger partial charge on any atom is -0.316 e. The van der Waals surface area contributed by atoms with Gasteiger partial charge < -0.3 is 5.32 Å². The number of hydrogen-bond acceptors (Lipinski definition) is 3. The van der Waals surface area contributed by atoms with Crippen LogP contribution in [-0.2, 0) is 0 Å². The van der Waals surface area contributed by atoms with E-state index in [9.17, 15) is 4.39 Å². The fourth-order valence-electron chi connectivity index (χ4n) is 2.72. The Morgan fingerprint density at radius 3 is 2.94 bits per heavy atom. The predicted molar refractivity (Wildman–Crippen MR) is 71.5 cm³/mol. The maximum atomic E-state index is 13.9. The first-order valence-electron chi connectivity index (χ1n) is 6.19. The smallest absolute Gasteiger partial charge is 0.126 e. The highest BCUT2D eigenvalue weighted by Gasteiger charge is 2.30. The summed E-state index contributed by atoms with van der Waals surface area (Å²) >= 11 is 1.61. The molecule has 2 atom stereocenters. The topological polar surface area (TPSA) is 24.9 Å². The van der Waals surface area contributed by atoms with Gasteiger partial charge in [0.15, 0.2) is 0 Å². The van der Waals surface area contributed by atoms with E-state index >= 15 is 0 Å². The highest BCUT2D eigenvalue weighted by Crippen LogP contribution is 2.37. The van der Waals surface area contributed by atoms with E-state index in [1.54, 1.807) is 23.5 Å². The van der Waals surface area contributed by atoms with Gasteiger partial charge in [0.1, 0.15) is 5.82 Å². The quantitative estimate of drug-likeness (QED) is 0.899. The molecule has 0 spiro atoms. The van der Waals surface area contributed by atoms with E-state index < -0.39 is 0 Å². The minimum atomic E-state index is -0.105. The molecule has 0 amide bonds. The molecule has 2 nitrogen and oxygen atoms in total. The highest BCUT2D eigenvalue weighted by atomic mass is 32.1. The molecule has 0 saturated carbocycles. The van der Waals surface area contributed by atoms with Gasteiger partial charge in [-0.1, -0.05) is 18.2 Å². The second-order valence-corrected chi connectivity index (χ2v) is 5.36. The van der Waals surface area contributed by atoms with Gasteiger partial charge in [-0.2, -0.15) is 0 Å². The molecule has 1 aromatic heterocycles. The summed E-state index contributed by atoms with van der Waals surface area (Å²) in [6.07, 6.45) is 1.02. The van der Waals surface area contributed by atoms with Crippen LogP contribution >= 0.6 is 11.3 Å². The molecule has 0 aliphatic carbocycles. The number of nitrogens with zero attached hydrogens (tertiary/aromatic N) is 1. The Hall–Kier alpha value is -1.26. The molecule has 2 heterocycles. The van der Waals surface area contributed by atoms with Crippen molar-refractivity contribution in [3.05, 3.63) is 52.2 Å². The van der Waals surface area contributed by atoms with Crippen LogP contribution in [0, 0.1) is 5.82 Å². The molecule has 1 fully saturated rings. The van der Waals surface area contributed by atoms with Crippen molar-refractivity contribution in [1.82, 2.24) is 10.3 Å². The molecule has 94 valence electrons. The van der Waals surface area contributed by atoms with Crippen molar-refractivity contribution in [3.8, 4) is 0 Å². The maximum Gasteiger partial charge on any atom is 0.126 e. The molecule has 1 aliphatic heterocycles. The van der Waals surface area contributed by atoms with Gasteiger partial charge in [-0.05, 0) is 24.6 Å². The molecule has 0 bridgehead atoms. The molecule has 2 unspecified atom stereocenters. The summed E-state index contributed by atoms with van der Waals surface area (Å²) in [6.45, 7) is 1.80. The number of nitrogens with one attached hydrogen (secondary N) is 1. The van der Waals surface area contributed by atoms with Gasteiger partial charge in [-0.15, -0.1) is 11.3 Å². The van der Waals surface area contributed by atoms with E-state index in [0.717, 1.165) is 30.8 Å². The zero-order valence-corrected chi connectivity index (χ0v) is 10.8. The summed E-state index contributed by atoms with van der Waals surface area (Å²) in [5.74, 6) is 0.405. The van der Waals surface area contributed by atoms with Crippen LogP contribution in [0.1, 0.15) is 29.5 Å². The molecule has 1 aromatic carbocycles. The predicted octanol–water partition coefficient (Wildman–Crippen LogP) is 3.14. The number of piperidine rings is 1. The van der Waals surface area contributed by atoms with Gasteiger partial charge >= 0.3 is 0 Å². The second-order valence-electron chi connectivity index (χ2n) is 4.64. The van der Waals surface area contributed by atoms with E-state index in [1.165, 1.54) is 0 Å². The van der Waals surface area contributed by atoms with E-state index in [4.69, 9.17) is 0 Å². The van der Waals surface area contributed by atoms with Crippen molar-refractivity contribution in [3.63, 3.8) is 0 Å². The van der Waals surface area contributed by atoms with Crippen molar-refractivity contribution in [1.29, 1.82) is 0 Å². The molecule has 3 rings (SSSR count).